The summed E-state index contributed by atoms with van der Waals surface area (Å²) in [4.78, 5) is 27.6. The van der Waals surface area contributed by atoms with Crippen LogP contribution >= 0.6 is 23.2 Å². The molecule has 78 heavy (non-hydrogen) atoms. The van der Waals surface area contributed by atoms with Crippen molar-refractivity contribution in [2.75, 3.05) is 13.1 Å². The molecule has 10 heteroatoms. The van der Waals surface area contributed by atoms with Crippen molar-refractivity contribution in [1.82, 2.24) is 10.6 Å². The van der Waals surface area contributed by atoms with Gasteiger partial charge in [-0.15, -0.1) is 0 Å². The first kappa shape index (κ1) is 56.7. The van der Waals surface area contributed by atoms with Gasteiger partial charge < -0.3 is 29.6 Å². The fourth-order valence-corrected chi connectivity index (χ4v) is 9.85. The van der Waals surface area contributed by atoms with Crippen molar-refractivity contribution in [3.8, 4) is 11.5 Å². The Balaban J connectivity index is 0.934. The van der Waals surface area contributed by atoms with Gasteiger partial charge in [0.1, 0.15) is 36.9 Å². The molecule has 0 fully saturated rings. The number of rotatable bonds is 28. The van der Waals surface area contributed by atoms with Crippen LogP contribution in [0.4, 0.5) is 0 Å². The maximum absolute atomic E-state index is 13.8. The van der Waals surface area contributed by atoms with Gasteiger partial charge in [0.2, 0.25) is 0 Å². The van der Waals surface area contributed by atoms with Crippen LogP contribution in [0.15, 0.2) is 231 Å². The van der Waals surface area contributed by atoms with Crippen molar-refractivity contribution in [3.63, 3.8) is 0 Å². The molecule has 4 unspecified atom stereocenters. The first-order valence-electron chi connectivity index (χ1n) is 26.8. The van der Waals surface area contributed by atoms with Crippen molar-refractivity contribution >= 4 is 35.1 Å². The Morgan fingerprint density at radius 2 is 0.718 bits per heavy atom. The highest BCUT2D eigenvalue weighted by Crippen LogP contribution is 2.32. The first-order valence-corrected chi connectivity index (χ1v) is 27.6. The number of benzene rings is 8. The van der Waals surface area contributed by atoms with E-state index in [9.17, 15) is 9.59 Å². The number of esters is 2. The first-order chi connectivity index (χ1) is 38.1. The Kier molecular flexibility index (Phi) is 21.7. The molecule has 0 aliphatic heterocycles. The molecule has 0 radical (unpaired) electrons. The van der Waals surface area contributed by atoms with Crippen LogP contribution in [0.3, 0.4) is 0 Å². The molecule has 8 rings (SSSR count). The second kappa shape index (κ2) is 29.9. The van der Waals surface area contributed by atoms with E-state index in [1.54, 1.807) is 0 Å². The minimum absolute atomic E-state index is 0.0436. The summed E-state index contributed by atoms with van der Waals surface area (Å²) in [5.41, 5.74) is 8.58. The summed E-state index contributed by atoms with van der Waals surface area (Å²) in [6.45, 7) is 6.39. The standard InChI is InChI=1S/C68H68Cl2N2O6/c1-49(71-43-41-63(53-15-7-3-8-16-53)54-17-9-4-10-18-54)45-65(57-27-35-61(36-28-57)75-47-51-23-31-59(69)32-24-51)77-67(73)39-40-68(74)78-66(58-29-37-62(38-30-58)76-48-52-25-33-60(70)34-26-52)46-50(2)72-44-42-64(55-19-11-5-12-20-55)56-21-13-6-14-22-56/h3-40,49-50,63-66,71-72H,41-48H2,1-2H3/b40-39-. The summed E-state index contributed by atoms with van der Waals surface area (Å²) >= 11 is 12.2. The number of ether oxygens (including phenoxy) is 4. The Morgan fingerprint density at radius 3 is 1.03 bits per heavy atom. The van der Waals surface area contributed by atoms with E-state index in [4.69, 9.17) is 42.1 Å². The van der Waals surface area contributed by atoms with Crippen LogP contribution in [0.25, 0.3) is 0 Å². The highest BCUT2D eigenvalue weighted by atomic mass is 35.5. The second-order valence-corrected chi connectivity index (χ2v) is 20.5. The fourth-order valence-electron chi connectivity index (χ4n) is 9.60. The third kappa shape index (κ3) is 18.1. The average molecular weight is 1080 g/mol. The van der Waals surface area contributed by atoms with Crippen molar-refractivity contribution in [3.05, 3.63) is 285 Å². The zero-order valence-electron chi connectivity index (χ0n) is 44.3. The summed E-state index contributed by atoms with van der Waals surface area (Å²) in [6.07, 6.45) is 3.70. The number of hydrogen-bond donors (Lipinski definition) is 2. The Bertz CT molecular complexity index is 2770. The van der Waals surface area contributed by atoms with Crippen molar-refractivity contribution in [1.29, 1.82) is 0 Å². The minimum atomic E-state index is -0.666. The van der Waals surface area contributed by atoms with E-state index in [0.717, 1.165) is 60.3 Å². The summed E-state index contributed by atoms with van der Waals surface area (Å²) in [5.74, 6) is 0.427. The molecule has 4 atom stereocenters. The van der Waals surface area contributed by atoms with Crippen LogP contribution in [0.2, 0.25) is 10.0 Å². The number of carbonyl (C=O) groups is 2. The lowest BCUT2D eigenvalue weighted by atomic mass is 9.88. The number of carbonyl (C=O) groups excluding carboxylic acids is 2. The third-order valence-electron chi connectivity index (χ3n) is 13.8. The molecule has 0 aromatic heterocycles. The van der Waals surface area contributed by atoms with E-state index in [1.807, 2.05) is 121 Å². The molecule has 0 spiro atoms. The van der Waals surface area contributed by atoms with Gasteiger partial charge in [0.25, 0.3) is 0 Å². The number of halogens is 2. The topological polar surface area (TPSA) is 95.1 Å². The van der Waals surface area contributed by atoms with E-state index < -0.39 is 24.1 Å². The predicted octanol–water partition coefficient (Wildman–Crippen LogP) is 15.8. The molecular weight excluding hydrogens is 1010 g/mol. The second-order valence-electron chi connectivity index (χ2n) is 19.7. The zero-order valence-corrected chi connectivity index (χ0v) is 45.8. The summed E-state index contributed by atoms with van der Waals surface area (Å²) in [7, 11) is 0. The van der Waals surface area contributed by atoms with Crippen LogP contribution < -0.4 is 20.1 Å². The molecule has 0 saturated heterocycles. The van der Waals surface area contributed by atoms with E-state index >= 15 is 0 Å². The summed E-state index contributed by atoms with van der Waals surface area (Å²) < 4.78 is 24.6. The van der Waals surface area contributed by atoms with E-state index in [0.29, 0.717) is 47.6 Å². The molecule has 0 aliphatic rings. The molecule has 8 aromatic rings. The van der Waals surface area contributed by atoms with Crippen molar-refractivity contribution in [2.45, 2.75) is 88.9 Å². The van der Waals surface area contributed by atoms with Gasteiger partial charge in [-0.2, -0.15) is 0 Å². The molecule has 0 amide bonds. The largest absolute Gasteiger partial charge is 0.489 e. The molecule has 8 nitrogen and oxygen atoms in total. The van der Waals surface area contributed by atoms with Crippen molar-refractivity contribution in [2.24, 2.45) is 0 Å². The quantitative estimate of drug-likeness (QED) is 0.0370. The number of hydrogen-bond acceptors (Lipinski definition) is 8. The Morgan fingerprint density at radius 1 is 0.410 bits per heavy atom. The molecule has 0 saturated carbocycles. The van der Waals surface area contributed by atoms with E-state index in [-0.39, 0.29) is 23.9 Å². The van der Waals surface area contributed by atoms with Gasteiger partial charge in [-0.3, -0.25) is 0 Å². The maximum Gasteiger partial charge on any atom is 0.331 e. The van der Waals surface area contributed by atoms with E-state index in [1.165, 1.54) is 22.3 Å². The van der Waals surface area contributed by atoms with Crippen LogP contribution in [0.5, 0.6) is 11.5 Å². The molecule has 8 aromatic carbocycles. The maximum atomic E-state index is 13.8. The SMILES string of the molecule is CC(CC(OC(=O)/C=C\C(=O)OC(CC(C)NCCC(c1ccccc1)c1ccccc1)c1ccc(OCc2ccc(Cl)cc2)cc1)c1ccc(OCc2ccc(Cl)cc2)cc1)NCCC(c1ccccc1)c1ccccc1. The fraction of sp³-hybridized carbons (Fsp3) is 0.235. The van der Waals surface area contributed by atoms with Gasteiger partial charge in [0.15, 0.2) is 0 Å². The lowest BCUT2D eigenvalue weighted by molar-refractivity contribution is -0.146. The van der Waals surface area contributed by atoms with Gasteiger partial charge in [-0.1, -0.05) is 193 Å². The molecule has 0 bridgehead atoms. The normalized spacial score (nSPS) is 12.9. The van der Waals surface area contributed by atoms with Gasteiger partial charge in [0, 0.05) is 59.0 Å². The predicted molar refractivity (Wildman–Crippen MR) is 314 cm³/mol. The van der Waals surface area contributed by atoms with Crippen molar-refractivity contribution < 1.29 is 28.5 Å². The van der Waals surface area contributed by atoms with E-state index in [2.05, 4.69) is 122 Å². The summed E-state index contributed by atoms with van der Waals surface area (Å²) in [6, 6.07) is 72.3. The Hall–Kier alpha value is -7.46. The highest BCUT2D eigenvalue weighted by molar-refractivity contribution is 6.30. The lowest BCUT2D eigenvalue weighted by Crippen LogP contribution is -2.31. The smallest absolute Gasteiger partial charge is 0.331 e. The molecule has 0 heterocycles. The lowest BCUT2D eigenvalue weighted by Gasteiger charge is -2.24. The van der Waals surface area contributed by atoms with Crippen LogP contribution in [-0.2, 0) is 32.3 Å². The van der Waals surface area contributed by atoms with Gasteiger partial charge in [-0.25, -0.2) is 9.59 Å². The van der Waals surface area contributed by atoms with Gasteiger partial charge >= 0.3 is 11.9 Å². The molecule has 2 N–H and O–H groups in total. The van der Waals surface area contributed by atoms with Crippen LogP contribution in [0, 0.1) is 0 Å². The monoisotopic (exact) mass is 1080 g/mol. The third-order valence-corrected chi connectivity index (χ3v) is 14.3. The van der Waals surface area contributed by atoms with Gasteiger partial charge in [0.05, 0.1) is 0 Å². The minimum Gasteiger partial charge on any atom is -0.489 e. The van der Waals surface area contributed by atoms with Crippen LogP contribution in [0.1, 0.15) is 108 Å². The van der Waals surface area contributed by atoms with Gasteiger partial charge in [-0.05, 0) is 133 Å². The molecular formula is C68H68Cl2N2O6. The molecule has 0 aliphatic carbocycles. The summed E-state index contributed by atoms with van der Waals surface area (Å²) in [5, 5.41) is 8.73. The number of nitrogens with one attached hydrogen (secondary N) is 2. The average Bonchev–Trinajstić information content (AvgIpc) is 3.47. The molecule has 400 valence electrons. The highest BCUT2D eigenvalue weighted by Gasteiger charge is 2.23. The zero-order chi connectivity index (χ0) is 54.3. The Labute approximate surface area is 470 Å². The van der Waals surface area contributed by atoms with Crippen LogP contribution in [-0.4, -0.2) is 37.1 Å².